The zero-order valence-corrected chi connectivity index (χ0v) is 17.8. The average Bonchev–Trinajstić information content (AvgIpc) is 3.29. The minimum absolute atomic E-state index is 0.0884. The van der Waals surface area contributed by atoms with Gasteiger partial charge in [0.1, 0.15) is 11.6 Å². The Hall–Kier alpha value is -1.36. The van der Waals surface area contributed by atoms with Crippen molar-refractivity contribution in [3.63, 3.8) is 0 Å². The third-order valence-corrected chi connectivity index (χ3v) is 6.62. The fourth-order valence-corrected chi connectivity index (χ4v) is 5.09. The molecule has 4 N–H and O–H groups in total. The van der Waals surface area contributed by atoms with Crippen LogP contribution in [-0.2, 0) is 19.0 Å². The van der Waals surface area contributed by atoms with E-state index in [9.17, 15) is 9.59 Å². The Morgan fingerprint density at radius 2 is 1.90 bits per heavy atom. The van der Waals surface area contributed by atoms with Crippen LogP contribution in [0.5, 0.6) is 0 Å². The average molecular weight is 426 g/mol. The number of fused-ring (bicyclic) bond motifs is 1. The molecule has 2 saturated heterocycles. The molecule has 0 amide bonds. The predicted molar refractivity (Wildman–Crippen MR) is 109 cm³/mol. The van der Waals surface area contributed by atoms with Crippen LogP contribution in [0.1, 0.15) is 64.7 Å². The first-order valence-corrected chi connectivity index (χ1v) is 11.3. The Bertz CT molecular complexity index is 588. The molecular formula is C20H35BN2O7. The van der Waals surface area contributed by atoms with Gasteiger partial charge in [-0.1, -0.05) is 19.3 Å². The van der Waals surface area contributed by atoms with Crippen molar-refractivity contribution in [2.75, 3.05) is 13.1 Å². The zero-order valence-electron chi connectivity index (χ0n) is 17.8. The van der Waals surface area contributed by atoms with Crippen LogP contribution in [0.2, 0.25) is 6.32 Å². The van der Waals surface area contributed by atoms with Crippen LogP contribution in [0.25, 0.3) is 0 Å². The van der Waals surface area contributed by atoms with Gasteiger partial charge >= 0.3 is 19.2 Å². The molecule has 0 aromatic carbocycles. The number of hydrogen-bond donors (Lipinski definition) is 4. The van der Waals surface area contributed by atoms with Crippen molar-refractivity contribution in [3.05, 3.63) is 0 Å². The van der Waals surface area contributed by atoms with Gasteiger partial charge < -0.3 is 34.9 Å². The van der Waals surface area contributed by atoms with E-state index in [2.05, 4.69) is 10.6 Å². The number of esters is 1. The van der Waals surface area contributed by atoms with E-state index >= 15 is 0 Å². The first-order chi connectivity index (χ1) is 14.4. The number of ether oxygens (including phenoxy) is 3. The number of nitrogens with one attached hydrogen (secondary N) is 2. The highest BCUT2D eigenvalue weighted by Gasteiger charge is 2.55. The van der Waals surface area contributed by atoms with Crippen LogP contribution in [0.3, 0.4) is 0 Å². The maximum absolute atomic E-state index is 13.2. The highest BCUT2D eigenvalue weighted by molar-refractivity contribution is 6.40. The van der Waals surface area contributed by atoms with Gasteiger partial charge in [-0.05, 0) is 51.4 Å². The van der Waals surface area contributed by atoms with Crippen LogP contribution in [-0.4, -0.2) is 66.4 Å². The molecule has 10 heteroatoms. The third kappa shape index (κ3) is 5.87. The fraction of sp³-hybridized carbons (Fsp3) is 0.900. The van der Waals surface area contributed by atoms with Crippen LogP contribution in [0.4, 0.5) is 4.79 Å². The molecule has 1 saturated carbocycles. The molecule has 9 nitrogen and oxygen atoms in total. The summed E-state index contributed by atoms with van der Waals surface area (Å²) in [4.78, 5) is 25.2. The summed E-state index contributed by atoms with van der Waals surface area (Å²) in [6.07, 6.45) is 5.87. The summed E-state index contributed by atoms with van der Waals surface area (Å²) < 4.78 is 16.1. The van der Waals surface area contributed by atoms with Gasteiger partial charge in [0.05, 0.1) is 0 Å². The first kappa shape index (κ1) is 23.3. The molecule has 2 heterocycles. The van der Waals surface area contributed by atoms with E-state index in [-0.39, 0.29) is 24.4 Å². The second-order valence-corrected chi connectivity index (χ2v) is 8.75. The van der Waals surface area contributed by atoms with Crippen molar-refractivity contribution < 1.29 is 33.8 Å². The van der Waals surface area contributed by atoms with Gasteiger partial charge in [-0.15, -0.1) is 0 Å². The van der Waals surface area contributed by atoms with Crippen LogP contribution < -0.4 is 10.6 Å². The van der Waals surface area contributed by atoms with Crippen molar-refractivity contribution in [1.29, 1.82) is 0 Å². The van der Waals surface area contributed by atoms with E-state index in [1.54, 1.807) is 0 Å². The number of unbranched alkanes of at least 4 members (excludes halogenated alkanes) is 1. The Labute approximate surface area is 178 Å². The molecule has 0 aromatic heterocycles. The second kappa shape index (κ2) is 10.8. The fourth-order valence-electron chi connectivity index (χ4n) is 5.09. The lowest BCUT2D eigenvalue weighted by Gasteiger charge is -2.33. The molecule has 3 rings (SSSR count). The Morgan fingerprint density at radius 1 is 1.13 bits per heavy atom. The van der Waals surface area contributed by atoms with E-state index in [0.29, 0.717) is 25.8 Å². The molecule has 3 aliphatic rings. The number of hydrogen-bond acceptors (Lipinski definition) is 9. The maximum atomic E-state index is 13.2. The summed E-state index contributed by atoms with van der Waals surface area (Å²) in [5, 5.41) is 24.9. The molecule has 2 unspecified atom stereocenters. The minimum atomic E-state index is -1.34. The summed E-state index contributed by atoms with van der Waals surface area (Å²) in [6, 6.07) is 0.202. The van der Waals surface area contributed by atoms with Crippen LogP contribution in [0.15, 0.2) is 0 Å². The van der Waals surface area contributed by atoms with Crippen molar-refractivity contribution in [1.82, 2.24) is 10.6 Å². The van der Waals surface area contributed by atoms with E-state index < -0.39 is 31.1 Å². The van der Waals surface area contributed by atoms with Crippen molar-refractivity contribution >= 4 is 19.2 Å². The maximum Gasteiger partial charge on any atom is 0.511 e. The Morgan fingerprint density at radius 3 is 2.63 bits per heavy atom. The van der Waals surface area contributed by atoms with Gasteiger partial charge in [-0.25, -0.2) is 9.59 Å². The summed E-state index contributed by atoms with van der Waals surface area (Å²) in [5.74, 6) is -0.341. The summed E-state index contributed by atoms with van der Waals surface area (Å²) in [6.45, 7) is 3.04. The van der Waals surface area contributed by atoms with Gasteiger partial charge in [0, 0.05) is 25.4 Å². The van der Waals surface area contributed by atoms with E-state index in [1.165, 1.54) is 6.92 Å². The lowest BCUT2D eigenvalue weighted by atomic mass is 9.77. The molecule has 0 aromatic rings. The molecule has 4 atom stereocenters. The second-order valence-electron chi connectivity index (χ2n) is 8.75. The number of carbonyl (C=O) groups excluding carboxylic acids is 2. The normalized spacial score (nSPS) is 29.8. The Balaban J connectivity index is 1.54. The monoisotopic (exact) mass is 426 g/mol. The number of carbonyl (C=O) groups is 2. The van der Waals surface area contributed by atoms with Crippen molar-refractivity contribution in [2.45, 2.75) is 95.0 Å². The molecular weight excluding hydrogens is 391 g/mol. The summed E-state index contributed by atoms with van der Waals surface area (Å²) in [7, 11) is -1.34. The predicted octanol–water partition coefficient (Wildman–Crippen LogP) is 1.32. The first-order valence-electron chi connectivity index (χ1n) is 11.3. The third-order valence-electron chi connectivity index (χ3n) is 6.62. The highest BCUT2D eigenvalue weighted by Crippen LogP contribution is 2.38. The molecule has 170 valence electrons. The van der Waals surface area contributed by atoms with E-state index in [0.717, 1.165) is 45.1 Å². The zero-order chi connectivity index (χ0) is 21.6. The molecule has 3 fully saturated rings. The Kier molecular flexibility index (Phi) is 8.39. The molecule has 0 spiro atoms. The lowest BCUT2D eigenvalue weighted by Crippen LogP contribution is -2.54. The smallest absolute Gasteiger partial charge is 0.431 e. The highest BCUT2D eigenvalue weighted by atomic mass is 16.8. The van der Waals surface area contributed by atoms with Gasteiger partial charge in [0.15, 0.2) is 0 Å². The van der Waals surface area contributed by atoms with Gasteiger partial charge in [0.25, 0.3) is 0 Å². The molecule has 0 bridgehead atoms. The number of rotatable bonds is 9. The van der Waals surface area contributed by atoms with Gasteiger partial charge in [-0.3, -0.25) is 0 Å². The summed E-state index contributed by atoms with van der Waals surface area (Å²) >= 11 is 0. The van der Waals surface area contributed by atoms with Crippen molar-refractivity contribution in [2.24, 2.45) is 5.92 Å². The molecule has 2 aliphatic heterocycles. The van der Waals surface area contributed by atoms with Crippen LogP contribution >= 0.6 is 0 Å². The minimum Gasteiger partial charge on any atom is -0.431 e. The van der Waals surface area contributed by atoms with Crippen LogP contribution in [0, 0.1) is 5.92 Å². The summed E-state index contributed by atoms with van der Waals surface area (Å²) in [5.41, 5.74) is -0.862. The molecule has 0 radical (unpaired) electrons. The van der Waals surface area contributed by atoms with E-state index in [1.807, 2.05) is 0 Å². The largest absolute Gasteiger partial charge is 0.511 e. The standard InChI is InChI=1S/C20H35BN2O7/c1-14(29-19(25)30-15-7-3-2-4-8-15)28-18(24)20(10-5-6-11-21(26)27)16-9-12-22-17(16)13-23-20/h14-17,22-23,26-27H,2-13H2,1H3/t14?,16-,17?,20+/m0/s1. The van der Waals surface area contributed by atoms with Crippen molar-refractivity contribution in [3.8, 4) is 0 Å². The van der Waals surface area contributed by atoms with Gasteiger partial charge in [-0.2, -0.15) is 0 Å². The molecule has 30 heavy (non-hydrogen) atoms. The lowest BCUT2D eigenvalue weighted by molar-refractivity contribution is -0.178. The quantitative estimate of drug-likeness (QED) is 0.187. The topological polar surface area (TPSA) is 126 Å². The van der Waals surface area contributed by atoms with Gasteiger partial charge in [0.2, 0.25) is 6.29 Å². The molecule has 1 aliphatic carbocycles. The SMILES string of the molecule is CC(OC(=O)OC1CCCCC1)OC(=O)[C@]1(CCCCB(O)O)NCC2NCC[C@@H]21. The van der Waals surface area contributed by atoms with E-state index in [4.69, 9.17) is 24.3 Å².